The molecule has 0 aromatic heterocycles. The number of halogens is 1. The molecule has 1 saturated heterocycles. The zero-order chi connectivity index (χ0) is 18.8. The number of rotatable bonds is 6. The van der Waals surface area contributed by atoms with E-state index in [2.05, 4.69) is 10.6 Å². The molecule has 4 amide bonds. The van der Waals surface area contributed by atoms with E-state index in [1.165, 1.54) is 38.1 Å². The Morgan fingerprint density at radius 2 is 1.88 bits per heavy atom. The zero-order valence-electron chi connectivity index (χ0n) is 14.3. The summed E-state index contributed by atoms with van der Waals surface area (Å²) in [4.78, 5) is 48.6. The molecule has 7 nitrogen and oxygen atoms in total. The molecule has 2 N–H and O–H groups in total. The molecule has 0 spiro atoms. The molecule has 8 heteroatoms. The Labute approximate surface area is 144 Å². The number of benzene rings is 1. The molecular formula is C17H20FN3O4. The number of Topliss-reactive ketones (excluding diaryl/α,β-unsaturated/α-hetero) is 1. The maximum Gasteiger partial charge on any atom is 0.325 e. The summed E-state index contributed by atoms with van der Waals surface area (Å²) >= 11 is 0. The largest absolute Gasteiger partial charge is 0.352 e. The number of hydrogen-bond acceptors (Lipinski definition) is 4. The van der Waals surface area contributed by atoms with Crippen molar-refractivity contribution in [1.82, 2.24) is 15.5 Å². The summed E-state index contributed by atoms with van der Waals surface area (Å²) in [7, 11) is 0. The highest BCUT2D eigenvalue weighted by Crippen LogP contribution is 2.28. The molecule has 1 aromatic carbocycles. The van der Waals surface area contributed by atoms with E-state index >= 15 is 0 Å². The molecule has 2 rings (SSSR count). The van der Waals surface area contributed by atoms with Crippen LogP contribution in [0.25, 0.3) is 0 Å². The fourth-order valence-electron chi connectivity index (χ4n) is 2.77. The van der Waals surface area contributed by atoms with Gasteiger partial charge >= 0.3 is 6.03 Å². The summed E-state index contributed by atoms with van der Waals surface area (Å²) in [5.74, 6) is -1.68. The smallest absolute Gasteiger partial charge is 0.325 e. The lowest BCUT2D eigenvalue weighted by Crippen LogP contribution is -2.45. The fourth-order valence-corrected chi connectivity index (χ4v) is 2.77. The van der Waals surface area contributed by atoms with Crippen LogP contribution in [0.5, 0.6) is 0 Å². The number of carbonyl (C=O) groups is 4. The van der Waals surface area contributed by atoms with Crippen molar-refractivity contribution in [1.29, 1.82) is 0 Å². The van der Waals surface area contributed by atoms with E-state index in [9.17, 15) is 23.6 Å². The van der Waals surface area contributed by atoms with E-state index in [4.69, 9.17) is 0 Å². The molecule has 25 heavy (non-hydrogen) atoms. The van der Waals surface area contributed by atoms with Gasteiger partial charge in [0.05, 0.1) is 0 Å². The van der Waals surface area contributed by atoms with Crippen LogP contribution in [-0.4, -0.2) is 41.1 Å². The van der Waals surface area contributed by atoms with E-state index in [-0.39, 0.29) is 12.2 Å². The molecule has 134 valence electrons. The maximum atomic E-state index is 13.1. The Hall–Kier alpha value is -2.77. The van der Waals surface area contributed by atoms with Crippen LogP contribution in [-0.2, 0) is 19.9 Å². The zero-order valence-corrected chi connectivity index (χ0v) is 14.3. The Bertz CT molecular complexity index is 719. The number of nitrogens with zero attached hydrogens (tertiary/aromatic N) is 1. The molecular weight excluding hydrogens is 329 g/mol. The third-order valence-corrected chi connectivity index (χ3v) is 4.00. The molecule has 1 heterocycles. The van der Waals surface area contributed by atoms with Crippen molar-refractivity contribution in [2.75, 3.05) is 6.54 Å². The lowest BCUT2D eigenvalue weighted by Gasteiger charge is -2.22. The van der Waals surface area contributed by atoms with E-state index in [0.717, 1.165) is 4.90 Å². The van der Waals surface area contributed by atoms with Gasteiger partial charge in [-0.15, -0.1) is 0 Å². The second-order valence-electron chi connectivity index (χ2n) is 6.33. The SMILES string of the molecule is CC(=O)C[C@H](C)NC(=O)CN1C(=O)N[C@@](C)(c2ccc(F)cc2)C1=O. The van der Waals surface area contributed by atoms with Crippen molar-refractivity contribution in [2.45, 2.75) is 38.8 Å². The van der Waals surface area contributed by atoms with Crippen LogP contribution >= 0.6 is 0 Å². The number of carbonyl (C=O) groups excluding carboxylic acids is 4. The summed E-state index contributed by atoms with van der Waals surface area (Å²) in [6.45, 7) is 4.11. The molecule has 2 atom stereocenters. The predicted octanol–water partition coefficient (Wildman–Crippen LogP) is 1.08. The Morgan fingerprint density at radius 1 is 1.28 bits per heavy atom. The number of hydrogen-bond donors (Lipinski definition) is 2. The quantitative estimate of drug-likeness (QED) is 0.751. The van der Waals surface area contributed by atoms with Crippen LogP contribution in [0, 0.1) is 5.82 Å². The minimum Gasteiger partial charge on any atom is -0.352 e. The number of amides is 4. The highest BCUT2D eigenvalue weighted by molar-refractivity contribution is 6.09. The topological polar surface area (TPSA) is 95.6 Å². The van der Waals surface area contributed by atoms with Gasteiger partial charge in [-0.3, -0.25) is 19.3 Å². The Balaban J connectivity index is 2.09. The highest BCUT2D eigenvalue weighted by Gasteiger charge is 2.49. The first-order valence-electron chi connectivity index (χ1n) is 7.82. The monoisotopic (exact) mass is 349 g/mol. The van der Waals surface area contributed by atoms with Crippen molar-refractivity contribution >= 4 is 23.6 Å². The molecule has 0 bridgehead atoms. The first-order chi connectivity index (χ1) is 11.6. The summed E-state index contributed by atoms with van der Waals surface area (Å²) < 4.78 is 13.1. The van der Waals surface area contributed by atoms with Crippen molar-refractivity contribution in [3.8, 4) is 0 Å². The molecule has 1 aromatic rings. The van der Waals surface area contributed by atoms with Gasteiger partial charge in [0.25, 0.3) is 5.91 Å². The fraction of sp³-hybridized carbons (Fsp3) is 0.412. The number of ketones is 1. The second-order valence-corrected chi connectivity index (χ2v) is 6.33. The van der Waals surface area contributed by atoms with Crippen LogP contribution in [0.15, 0.2) is 24.3 Å². The first kappa shape index (κ1) is 18.6. The average Bonchev–Trinajstić information content (AvgIpc) is 2.71. The van der Waals surface area contributed by atoms with Gasteiger partial charge in [-0.2, -0.15) is 0 Å². The van der Waals surface area contributed by atoms with Crippen LogP contribution in [0.2, 0.25) is 0 Å². The van der Waals surface area contributed by atoms with Crippen molar-refractivity contribution in [2.24, 2.45) is 0 Å². The predicted molar refractivity (Wildman–Crippen MR) is 86.9 cm³/mol. The van der Waals surface area contributed by atoms with Crippen molar-refractivity contribution < 1.29 is 23.6 Å². The molecule has 0 saturated carbocycles. The van der Waals surface area contributed by atoms with Crippen LogP contribution in [0.4, 0.5) is 9.18 Å². The third-order valence-electron chi connectivity index (χ3n) is 4.00. The van der Waals surface area contributed by atoms with Crippen molar-refractivity contribution in [3.63, 3.8) is 0 Å². The van der Waals surface area contributed by atoms with E-state index in [0.29, 0.717) is 5.56 Å². The molecule has 1 aliphatic heterocycles. The number of urea groups is 1. The average molecular weight is 349 g/mol. The summed E-state index contributed by atoms with van der Waals surface area (Å²) in [5, 5.41) is 5.11. The summed E-state index contributed by atoms with van der Waals surface area (Å²) in [5.41, 5.74) is -0.948. The lowest BCUT2D eigenvalue weighted by molar-refractivity contribution is -0.135. The Morgan fingerprint density at radius 3 is 2.44 bits per heavy atom. The van der Waals surface area contributed by atoms with Gasteiger partial charge in [0, 0.05) is 12.5 Å². The van der Waals surface area contributed by atoms with Crippen molar-refractivity contribution in [3.05, 3.63) is 35.6 Å². The van der Waals surface area contributed by atoms with Crippen LogP contribution in [0.1, 0.15) is 32.8 Å². The second kappa shape index (κ2) is 7.00. The molecule has 0 radical (unpaired) electrons. The van der Waals surface area contributed by atoms with Gasteiger partial charge in [0.1, 0.15) is 23.7 Å². The number of imide groups is 1. The maximum absolute atomic E-state index is 13.1. The van der Waals surface area contributed by atoms with Crippen LogP contribution < -0.4 is 10.6 Å². The van der Waals surface area contributed by atoms with Gasteiger partial charge in [0.2, 0.25) is 5.91 Å². The van der Waals surface area contributed by atoms with Crippen LogP contribution in [0.3, 0.4) is 0 Å². The normalized spacial score (nSPS) is 21.0. The van der Waals surface area contributed by atoms with Gasteiger partial charge in [-0.1, -0.05) is 12.1 Å². The van der Waals surface area contributed by atoms with Gasteiger partial charge < -0.3 is 10.6 Å². The van der Waals surface area contributed by atoms with Gasteiger partial charge in [-0.05, 0) is 38.5 Å². The third kappa shape index (κ3) is 4.01. The van der Waals surface area contributed by atoms with E-state index in [1.807, 2.05) is 0 Å². The van der Waals surface area contributed by atoms with Gasteiger partial charge in [0.15, 0.2) is 0 Å². The lowest BCUT2D eigenvalue weighted by atomic mass is 9.92. The highest BCUT2D eigenvalue weighted by atomic mass is 19.1. The molecule has 1 aliphatic rings. The standard InChI is InChI=1S/C17H20FN3O4/c1-10(8-11(2)22)19-14(23)9-21-15(24)17(3,20-16(21)25)12-4-6-13(18)7-5-12/h4-7,10H,8-9H2,1-3H3,(H,19,23)(H,20,25)/t10-,17-/m0/s1. The minimum atomic E-state index is -1.37. The minimum absolute atomic E-state index is 0.0772. The number of nitrogens with one attached hydrogen (secondary N) is 2. The van der Waals surface area contributed by atoms with E-state index < -0.39 is 41.8 Å². The molecule has 0 aliphatic carbocycles. The van der Waals surface area contributed by atoms with E-state index in [1.54, 1.807) is 6.92 Å². The summed E-state index contributed by atoms with van der Waals surface area (Å²) in [6.07, 6.45) is 0.166. The molecule has 0 unspecified atom stereocenters. The first-order valence-corrected chi connectivity index (χ1v) is 7.82. The summed E-state index contributed by atoms with van der Waals surface area (Å²) in [6, 6.07) is 4.11. The molecule has 1 fully saturated rings. The Kier molecular flexibility index (Phi) is 5.20. The van der Waals surface area contributed by atoms with Gasteiger partial charge in [-0.25, -0.2) is 9.18 Å².